The second-order valence-corrected chi connectivity index (χ2v) is 14.8. The van der Waals surface area contributed by atoms with Gasteiger partial charge in [-0.2, -0.15) is 17.7 Å². The standard InChI is InChI=1S/C15H23.C15H19.2ClH.Zr/c2*1-11(2)14-9-8-12(3)10-15(14)13-6-4-5-7-13;;;/h4-7,11-12,14-15H,8-10H2,1-3H3;11-12,14-15H,8-10H2,1-3H3;2*1H;/q-1;-5;;;+2/p-2. The van der Waals surface area contributed by atoms with Crippen molar-refractivity contribution >= 4 is 17.0 Å². The van der Waals surface area contributed by atoms with Crippen LogP contribution in [0.5, 0.6) is 0 Å². The van der Waals surface area contributed by atoms with Crippen LogP contribution in [0.2, 0.25) is 0 Å². The van der Waals surface area contributed by atoms with Crippen molar-refractivity contribution in [2.45, 2.75) is 91.9 Å². The summed E-state index contributed by atoms with van der Waals surface area (Å²) in [4.78, 5) is 0. The summed E-state index contributed by atoms with van der Waals surface area (Å²) >= 11 is -0.826. The summed E-state index contributed by atoms with van der Waals surface area (Å²) in [7, 11) is 9.87. The first-order valence-electron chi connectivity index (χ1n) is 12.8. The molecular weight excluding hydrogens is 522 g/mol. The van der Waals surface area contributed by atoms with Crippen LogP contribution in [-0.4, -0.2) is 0 Å². The first-order valence-corrected chi connectivity index (χ1v) is 19.2. The van der Waals surface area contributed by atoms with E-state index in [1.165, 1.54) is 44.1 Å². The van der Waals surface area contributed by atoms with Crippen molar-refractivity contribution in [3.05, 3.63) is 59.7 Å². The monoisotopic (exact) mass is 562 g/mol. The summed E-state index contributed by atoms with van der Waals surface area (Å²) in [5.41, 5.74) is 2.81. The van der Waals surface area contributed by atoms with Gasteiger partial charge >= 0.3 is 37.9 Å². The van der Waals surface area contributed by atoms with Crippen molar-refractivity contribution in [1.29, 1.82) is 0 Å². The SMILES string of the molecule is CC1CCC(C(C)C)C([c-]2[c-][c-][c-][c-]2)C1.CC1CCC(C(C)C)C([c-]2cccc2)C1.[Cl][Zr][Cl]. The van der Waals surface area contributed by atoms with Gasteiger partial charge in [0.15, 0.2) is 0 Å². The maximum absolute atomic E-state index is 4.93. The van der Waals surface area contributed by atoms with Gasteiger partial charge in [0.05, 0.1) is 0 Å². The van der Waals surface area contributed by atoms with Gasteiger partial charge in [-0.15, -0.1) is 0 Å². The fourth-order valence-corrected chi connectivity index (χ4v) is 6.17. The molecule has 2 aliphatic carbocycles. The Morgan fingerprint density at radius 3 is 1.64 bits per heavy atom. The van der Waals surface area contributed by atoms with Crippen molar-refractivity contribution in [3.63, 3.8) is 0 Å². The number of hydrogen-bond donors (Lipinski definition) is 0. The molecule has 0 N–H and O–H groups in total. The molecule has 2 aliphatic rings. The van der Waals surface area contributed by atoms with Crippen molar-refractivity contribution in [2.75, 3.05) is 0 Å². The van der Waals surface area contributed by atoms with Crippen LogP contribution < -0.4 is 0 Å². The Kier molecular flexibility index (Phi) is 13.6. The molecule has 2 saturated carbocycles. The molecule has 186 valence electrons. The minimum absolute atomic E-state index is 0.649. The van der Waals surface area contributed by atoms with Crippen molar-refractivity contribution in [2.24, 2.45) is 35.5 Å². The Morgan fingerprint density at radius 1 is 0.758 bits per heavy atom. The van der Waals surface area contributed by atoms with E-state index >= 15 is 0 Å². The van der Waals surface area contributed by atoms with Gasteiger partial charge in [-0.1, -0.05) is 91.9 Å². The molecule has 6 atom stereocenters. The number of hydrogen-bond acceptors (Lipinski definition) is 0. The summed E-state index contributed by atoms with van der Waals surface area (Å²) < 4.78 is 0. The second kappa shape index (κ2) is 15.3. The van der Waals surface area contributed by atoms with Crippen LogP contribution >= 0.6 is 17.0 Å². The summed E-state index contributed by atoms with van der Waals surface area (Å²) in [5.74, 6) is 6.54. The summed E-state index contributed by atoms with van der Waals surface area (Å²) in [5, 5.41) is 0. The predicted octanol–water partition coefficient (Wildman–Crippen LogP) is 9.74. The molecule has 2 aromatic carbocycles. The van der Waals surface area contributed by atoms with Crippen molar-refractivity contribution in [1.82, 2.24) is 0 Å². The molecule has 6 unspecified atom stereocenters. The van der Waals surface area contributed by atoms with Crippen LogP contribution in [-0.2, 0) is 20.8 Å². The second-order valence-electron chi connectivity index (χ2n) is 11.1. The third-order valence-electron chi connectivity index (χ3n) is 7.99. The topological polar surface area (TPSA) is 0 Å². The van der Waals surface area contributed by atoms with Crippen LogP contribution in [0.3, 0.4) is 0 Å². The van der Waals surface area contributed by atoms with E-state index in [0.717, 1.165) is 41.4 Å². The molecule has 0 bridgehead atoms. The van der Waals surface area contributed by atoms with E-state index in [2.05, 4.69) is 90.1 Å². The van der Waals surface area contributed by atoms with Gasteiger partial charge in [0, 0.05) is 0 Å². The molecule has 0 saturated heterocycles. The molecule has 4 rings (SSSR count). The average molecular weight is 565 g/mol. The molecule has 0 nitrogen and oxygen atoms in total. The predicted molar refractivity (Wildman–Crippen MR) is 139 cm³/mol. The molecule has 2 aromatic rings. The minimum atomic E-state index is -0.826. The van der Waals surface area contributed by atoms with Crippen LogP contribution in [0.1, 0.15) is 103 Å². The summed E-state index contributed by atoms with van der Waals surface area (Å²) in [6, 6.07) is 21.2. The van der Waals surface area contributed by atoms with Gasteiger partial charge in [0.2, 0.25) is 0 Å². The Bertz CT molecular complexity index is 656. The van der Waals surface area contributed by atoms with E-state index in [1.807, 2.05) is 0 Å². The Hall–Kier alpha value is 0.163. The number of rotatable bonds is 4. The molecule has 0 spiro atoms. The zero-order valence-electron chi connectivity index (χ0n) is 21.4. The van der Waals surface area contributed by atoms with Crippen LogP contribution in [0.4, 0.5) is 0 Å². The normalized spacial score (nSPS) is 29.6. The van der Waals surface area contributed by atoms with Crippen molar-refractivity contribution in [3.8, 4) is 0 Å². The Balaban J connectivity index is 0.000000209. The van der Waals surface area contributed by atoms with Gasteiger partial charge in [-0.05, 0) is 29.6 Å². The fourth-order valence-electron chi connectivity index (χ4n) is 6.17. The van der Waals surface area contributed by atoms with E-state index < -0.39 is 20.8 Å². The van der Waals surface area contributed by atoms with Gasteiger partial charge < -0.3 is 29.8 Å². The van der Waals surface area contributed by atoms with Crippen molar-refractivity contribution < 1.29 is 20.8 Å². The molecule has 0 radical (unpaired) electrons. The van der Waals surface area contributed by atoms with Crippen LogP contribution in [0.15, 0.2) is 24.3 Å². The third-order valence-corrected chi connectivity index (χ3v) is 7.99. The van der Waals surface area contributed by atoms with Gasteiger partial charge in [0.25, 0.3) is 0 Å². The fraction of sp³-hybridized carbons (Fsp3) is 0.667. The van der Waals surface area contributed by atoms with E-state index in [1.54, 1.807) is 5.56 Å². The summed E-state index contributed by atoms with van der Waals surface area (Å²) in [6.45, 7) is 14.2. The zero-order chi connectivity index (χ0) is 24.4. The zero-order valence-corrected chi connectivity index (χ0v) is 25.4. The molecule has 0 aliphatic heterocycles. The van der Waals surface area contributed by atoms with E-state index in [4.69, 9.17) is 17.0 Å². The molecule has 33 heavy (non-hydrogen) atoms. The molecular formula is C30H42Cl2Zr-6. The van der Waals surface area contributed by atoms with Gasteiger partial charge in [-0.25, -0.2) is 18.1 Å². The summed E-state index contributed by atoms with van der Waals surface area (Å²) in [6.07, 6.45) is 8.28. The maximum atomic E-state index is 4.93. The van der Waals surface area contributed by atoms with E-state index in [-0.39, 0.29) is 0 Å². The Morgan fingerprint density at radius 2 is 1.18 bits per heavy atom. The van der Waals surface area contributed by atoms with Gasteiger partial charge in [-0.3, -0.25) is 0 Å². The molecule has 0 aromatic heterocycles. The molecule has 2 fully saturated rings. The first kappa shape index (κ1) is 29.4. The number of halogens is 2. The molecule has 3 heteroatoms. The van der Waals surface area contributed by atoms with Crippen LogP contribution in [0, 0.1) is 59.8 Å². The molecule has 0 amide bonds. The first-order chi connectivity index (χ1) is 15.8. The van der Waals surface area contributed by atoms with E-state index in [0.29, 0.717) is 5.92 Å². The van der Waals surface area contributed by atoms with E-state index in [9.17, 15) is 0 Å². The van der Waals surface area contributed by atoms with Gasteiger partial charge in [0.1, 0.15) is 0 Å². The average Bonchev–Trinajstić information content (AvgIpc) is 3.49. The molecule has 0 heterocycles. The third kappa shape index (κ3) is 9.28. The Labute approximate surface area is 223 Å². The van der Waals surface area contributed by atoms with Crippen LogP contribution in [0.25, 0.3) is 0 Å². The quantitative estimate of drug-likeness (QED) is 0.324.